The van der Waals surface area contributed by atoms with E-state index in [4.69, 9.17) is 0 Å². The normalized spacial score (nSPS) is 11.6. The number of carbonyl (C=O) groups excluding carboxylic acids is 1. The number of aromatic amines is 1. The largest absolute Gasteiger partial charge is 0.346 e. The minimum absolute atomic E-state index is 0.231. The molecule has 3 N–H and O–H groups in total. The number of amides is 1. The van der Waals surface area contributed by atoms with Gasteiger partial charge in [0.25, 0.3) is 5.91 Å². The predicted molar refractivity (Wildman–Crippen MR) is 121 cm³/mol. The number of sulfonamides is 1. The third-order valence-corrected chi connectivity index (χ3v) is 6.84. The van der Waals surface area contributed by atoms with Crippen LogP contribution in [0.2, 0.25) is 0 Å². The zero-order valence-electron chi connectivity index (χ0n) is 16.8. The molecule has 166 valence electrons. The Morgan fingerprint density at radius 3 is 2.78 bits per heavy atom. The molecule has 0 aliphatic carbocycles. The van der Waals surface area contributed by atoms with Crippen molar-refractivity contribution < 1.29 is 22.0 Å². The molecule has 4 rings (SSSR count). The Hall–Kier alpha value is -3.31. The zero-order chi connectivity index (χ0) is 22.9. The fourth-order valence-corrected chi connectivity index (χ4v) is 5.04. The van der Waals surface area contributed by atoms with Crippen LogP contribution in [0.4, 0.5) is 20.2 Å². The summed E-state index contributed by atoms with van der Waals surface area (Å²) in [6, 6.07) is 5.36. The second kappa shape index (κ2) is 8.67. The highest BCUT2D eigenvalue weighted by atomic mass is 32.2. The second-order valence-electron chi connectivity index (χ2n) is 6.99. The molecule has 11 heteroatoms. The fourth-order valence-electron chi connectivity index (χ4n) is 3.25. The minimum atomic E-state index is -3.82. The van der Waals surface area contributed by atoms with Crippen molar-refractivity contribution in [3.8, 4) is 11.1 Å². The number of benzene rings is 1. The van der Waals surface area contributed by atoms with Crippen LogP contribution in [-0.4, -0.2) is 30.0 Å². The Bertz CT molecular complexity index is 1400. The molecular weight excluding hydrogens is 458 g/mol. The van der Waals surface area contributed by atoms with Crippen LogP contribution in [0.5, 0.6) is 0 Å². The zero-order valence-corrected chi connectivity index (χ0v) is 18.4. The van der Waals surface area contributed by atoms with Crippen LogP contribution in [0.3, 0.4) is 0 Å². The van der Waals surface area contributed by atoms with E-state index in [2.05, 4.69) is 20.0 Å². The molecule has 0 saturated carbocycles. The van der Waals surface area contributed by atoms with Crippen molar-refractivity contribution in [1.29, 1.82) is 0 Å². The van der Waals surface area contributed by atoms with Crippen LogP contribution in [-0.2, 0) is 10.0 Å². The molecule has 0 bridgehead atoms. The first-order valence-electron chi connectivity index (χ1n) is 9.58. The average molecular weight is 477 g/mol. The lowest BCUT2D eigenvalue weighted by Crippen LogP contribution is -2.20. The molecule has 0 radical (unpaired) electrons. The van der Waals surface area contributed by atoms with E-state index in [1.54, 1.807) is 19.2 Å². The maximum absolute atomic E-state index is 14.9. The monoisotopic (exact) mass is 476 g/mol. The van der Waals surface area contributed by atoms with E-state index < -0.39 is 38.8 Å². The number of H-pyrrole nitrogens is 1. The van der Waals surface area contributed by atoms with Gasteiger partial charge < -0.3 is 10.3 Å². The van der Waals surface area contributed by atoms with Gasteiger partial charge in [0, 0.05) is 17.1 Å². The molecule has 32 heavy (non-hydrogen) atoms. The van der Waals surface area contributed by atoms with E-state index in [0.29, 0.717) is 12.1 Å². The van der Waals surface area contributed by atoms with E-state index in [1.807, 2.05) is 16.8 Å². The predicted octanol–water partition coefficient (Wildman–Crippen LogP) is 4.97. The number of rotatable bonds is 7. The summed E-state index contributed by atoms with van der Waals surface area (Å²) < 4.78 is 55.1. The van der Waals surface area contributed by atoms with Gasteiger partial charge in [-0.25, -0.2) is 22.2 Å². The molecule has 0 aliphatic heterocycles. The van der Waals surface area contributed by atoms with Crippen LogP contribution in [0.15, 0.2) is 47.4 Å². The van der Waals surface area contributed by atoms with Gasteiger partial charge in [-0.1, -0.05) is 6.92 Å². The summed E-state index contributed by atoms with van der Waals surface area (Å²) in [4.78, 5) is 20.0. The second-order valence-corrected chi connectivity index (χ2v) is 9.62. The van der Waals surface area contributed by atoms with Crippen molar-refractivity contribution in [2.45, 2.75) is 13.3 Å². The van der Waals surface area contributed by atoms with Crippen molar-refractivity contribution >= 4 is 49.7 Å². The molecular formula is C21H18F2N4O3S2. The SMILES string of the molecule is CCCS(=O)(=O)Nc1ccc(F)c(C(=O)Nc2cnc3[nH]cc(-c4ccsc4)c3c2)c1F. The lowest BCUT2D eigenvalue weighted by molar-refractivity contribution is 0.101. The molecule has 1 amide bonds. The quantitative estimate of drug-likeness (QED) is 0.350. The number of aromatic nitrogens is 2. The number of carbonyl (C=O) groups is 1. The van der Waals surface area contributed by atoms with Crippen LogP contribution in [0, 0.1) is 11.6 Å². The molecule has 0 aliphatic rings. The summed E-state index contributed by atoms with van der Waals surface area (Å²) in [6.45, 7) is 1.65. The minimum Gasteiger partial charge on any atom is -0.346 e. The topological polar surface area (TPSA) is 104 Å². The van der Waals surface area contributed by atoms with E-state index in [0.717, 1.165) is 28.6 Å². The lowest BCUT2D eigenvalue weighted by Gasteiger charge is -2.12. The number of pyridine rings is 1. The van der Waals surface area contributed by atoms with Crippen LogP contribution in [0.25, 0.3) is 22.2 Å². The fraction of sp³-hybridized carbons (Fsp3) is 0.143. The third-order valence-electron chi connectivity index (χ3n) is 4.68. The highest BCUT2D eigenvalue weighted by molar-refractivity contribution is 7.92. The van der Waals surface area contributed by atoms with Gasteiger partial charge in [-0.3, -0.25) is 9.52 Å². The Kier molecular flexibility index (Phi) is 5.94. The first-order valence-corrected chi connectivity index (χ1v) is 12.2. The van der Waals surface area contributed by atoms with Crippen LogP contribution < -0.4 is 10.0 Å². The molecule has 1 aromatic carbocycles. The number of halogens is 2. The van der Waals surface area contributed by atoms with Crippen LogP contribution in [0.1, 0.15) is 23.7 Å². The molecule has 4 aromatic rings. The summed E-state index contributed by atoms with van der Waals surface area (Å²) in [5.74, 6) is -3.71. The Morgan fingerprint density at radius 1 is 1.25 bits per heavy atom. The number of nitrogens with zero attached hydrogens (tertiary/aromatic N) is 1. The molecule has 3 aromatic heterocycles. The van der Waals surface area contributed by atoms with Crippen molar-refractivity contribution in [2.75, 3.05) is 15.8 Å². The van der Waals surface area contributed by atoms with E-state index in [-0.39, 0.29) is 11.4 Å². The standard InChI is InChI=1S/C21H18F2N4O3S2/c1-2-7-32(29,30)27-17-4-3-16(22)18(19(17)23)21(28)26-13-8-14-15(12-5-6-31-11-12)10-25-20(14)24-9-13/h3-6,8-11,27H,2,7H2,1H3,(H,24,25)(H,26,28). The Labute approximate surface area is 186 Å². The van der Waals surface area contributed by atoms with Crippen LogP contribution >= 0.6 is 11.3 Å². The number of thiophene rings is 1. The summed E-state index contributed by atoms with van der Waals surface area (Å²) in [5.41, 5.74) is 1.27. The molecule has 3 heterocycles. The van der Waals surface area contributed by atoms with Gasteiger partial charge in [0.2, 0.25) is 10.0 Å². The summed E-state index contributed by atoms with van der Waals surface area (Å²) in [6.07, 6.45) is 3.46. The summed E-state index contributed by atoms with van der Waals surface area (Å²) >= 11 is 1.53. The highest BCUT2D eigenvalue weighted by Crippen LogP contribution is 2.31. The van der Waals surface area contributed by atoms with Crippen molar-refractivity contribution in [2.24, 2.45) is 0 Å². The lowest BCUT2D eigenvalue weighted by atomic mass is 10.1. The van der Waals surface area contributed by atoms with Gasteiger partial charge in [0.05, 0.1) is 23.3 Å². The third kappa shape index (κ3) is 4.34. The molecule has 0 unspecified atom stereocenters. The van der Waals surface area contributed by atoms with Gasteiger partial charge in [-0.05, 0) is 47.0 Å². The number of hydrogen-bond donors (Lipinski definition) is 3. The van der Waals surface area contributed by atoms with E-state index in [1.165, 1.54) is 17.5 Å². The molecule has 0 spiro atoms. The molecule has 7 nitrogen and oxygen atoms in total. The highest BCUT2D eigenvalue weighted by Gasteiger charge is 2.23. The van der Waals surface area contributed by atoms with Gasteiger partial charge in [-0.15, -0.1) is 0 Å². The summed E-state index contributed by atoms with van der Waals surface area (Å²) in [7, 11) is -3.82. The molecule has 0 atom stereocenters. The van der Waals surface area contributed by atoms with Crippen molar-refractivity contribution in [3.63, 3.8) is 0 Å². The van der Waals surface area contributed by atoms with Crippen molar-refractivity contribution in [3.05, 3.63) is 64.6 Å². The molecule has 0 fully saturated rings. The maximum Gasteiger partial charge on any atom is 0.261 e. The number of hydrogen-bond acceptors (Lipinski definition) is 5. The first-order chi connectivity index (χ1) is 15.3. The van der Waals surface area contributed by atoms with Gasteiger partial charge >= 0.3 is 0 Å². The van der Waals surface area contributed by atoms with Gasteiger partial charge in [-0.2, -0.15) is 11.3 Å². The van der Waals surface area contributed by atoms with E-state index in [9.17, 15) is 22.0 Å². The smallest absolute Gasteiger partial charge is 0.261 e. The van der Waals surface area contributed by atoms with Crippen molar-refractivity contribution in [1.82, 2.24) is 9.97 Å². The number of fused-ring (bicyclic) bond motifs is 1. The maximum atomic E-state index is 14.9. The average Bonchev–Trinajstić information content (AvgIpc) is 3.39. The Morgan fingerprint density at radius 2 is 2.06 bits per heavy atom. The van der Waals surface area contributed by atoms with E-state index >= 15 is 0 Å². The number of anilines is 2. The summed E-state index contributed by atoms with van der Waals surface area (Å²) in [5, 5.41) is 7.06. The first kappa shape index (κ1) is 21.9. The number of nitrogens with one attached hydrogen (secondary N) is 3. The van der Waals surface area contributed by atoms with Gasteiger partial charge in [0.15, 0.2) is 5.82 Å². The Balaban J connectivity index is 1.65. The molecule has 0 saturated heterocycles. The van der Waals surface area contributed by atoms with Gasteiger partial charge in [0.1, 0.15) is 17.0 Å².